The van der Waals surface area contributed by atoms with E-state index in [0.717, 1.165) is 27.2 Å². The Morgan fingerprint density at radius 1 is 1.21 bits per heavy atom. The molecular formula is C26H25ClN2O4S. The zero-order chi connectivity index (χ0) is 24.2. The molecule has 1 aromatic carbocycles. The van der Waals surface area contributed by atoms with E-state index in [2.05, 4.69) is 5.73 Å². The fourth-order valence-corrected chi connectivity index (χ4v) is 5.08. The molecule has 6 nitrogen and oxygen atoms in total. The van der Waals surface area contributed by atoms with Gasteiger partial charge < -0.3 is 20.0 Å². The number of thiophene rings is 1. The van der Waals surface area contributed by atoms with Crippen LogP contribution < -0.4 is 0 Å². The van der Waals surface area contributed by atoms with Crippen molar-refractivity contribution in [1.29, 1.82) is 0 Å². The Balaban J connectivity index is 1.34. The van der Waals surface area contributed by atoms with Gasteiger partial charge in [0.2, 0.25) is 0 Å². The van der Waals surface area contributed by atoms with Gasteiger partial charge in [0, 0.05) is 29.1 Å². The lowest BCUT2D eigenvalue weighted by atomic mass is 10.1. The van der Waals surface area contributed by atoms with Gasteiger partial charge in [0.1, 0.15) is 0 Å². The SMILES string of the molecule is CN(Cc1cc(Cc2ccccc2Cl)cs1)C(=O)C(O)C(O)C(=O)N1CC2=C=CC=CC=C2C1. The summed E-state index contributed by atoms with van der Waals surface area (Å²) in [5, 5.41) is 23.6. The molecule has 176 valence electrons. The second-order valence-corrected chi connectivity index (χ2v) is 9.74. The van der Waals surface area contributed by atoms with Crippen LogP contribution in [-0.4, -0.2) is 64.2 Å². The molecule has 2 heterocycles. The minimum Gasteiger partial charge on any atom is -0.380 e. The summed E-state index contributed by atoms with van der Waals surface area (Å²) in [7, 11) is 1.54. The molecule has 1 aromatic heterocycles. The van der Waals surface area contributed by atoms with Gasteiger partial charge in [-0.25, -0.2) is 0 Å². The maximum atomic E-state index is 12.7. The minimum atomic E-state index is -1.84. The number of likely N-dealkylation sites (tertiary alicyclic amines) is 1. The number of halogens is 1. The van der Waals surface area contributed by atoms with Gasteiger partial charge in [-0.1, -0.05) is 48.0 Å². The van der Waals surface area contributed by atoms with E-state index in [0.29, 0.717) is 18.0 Å². The molecule has 4 rings (SSSR count). The Morgan fingerprint density at radius 3 is 2.79 bits per heavy atom. The second kappa shape index (κ2) is 10.6. The molecule has 1 aliphatic carbocycles. The average Bonchev–Trinajstić information content (AvgIpc) is 3.39. The van der Waals surface area contributed by atoms with Crippen LogP contribution in [-0.2, 0) is 22.6 Å². The summed E-state index contributed by atoms with van der Waals surface area (Å²) in [4.78, 5) is 29.1. The number of aliphatic hydroxyl groups is 2. The van der Waals surface area contributed by atoms with Gasteiger partial charge >= 0.3 is 0 Å². The molecule has 1 saturated heterocycles. The van der Waals surface area contributed by atoms with E-state index in [-0.39, 0.29) is 13.1 Å². The van der Waals surface area contributed by atoms with E-state index >= 15 is 0 Å². The highest BCUT2D eigenvalue weighted by atomic mass is 35.5. The lowest BCUT2D eigenvalue weighted by Gasteiger charge is -2.25. The van der Waals surface area contributed by atoms with Crippen molar-refractivity contribution in [3.05, 3.63) is 97.9 Å². The Labute approximate surface area is 207 Å². The summed E-state index contributed by atoms with van der Waals surface area (Å²) < 4.78 is 0. The Kier molecular flexibility index (Phi) is 7.51. The van der Waals surface area contributed by atoms with Gasteiger partial charge in [-0.3, -0.25) is 9.59 Å². The molecule has 2 amide bonds. The number of likely N-dealkylation sites (N-methyl/N-ethyl adjacent to an activating group) is 1. The number of carbonyl (C=O) groups excluding carboxylic acids is 2. The lowest BCUT2D eigenvalue weighted by molar-refractivity contribution is -0.156. The predicted octanol–water partition coefficient (Wildman–Crippen LogP) is 3.09. The highest BCUT2D eigenvalue weighted by Crippen LogP contribution is 2.25. The summed E-state index contributed by atoms with van der Waals surface area (Å²) in [5.74, 6) is -1.39. The molecule has 0 spiro atoms. The normalized spacial score (nSPS) is 16.4. The Hall–Kier alpha value is -2.93. The van der Waals surface area contributed by atoms with Crippen LogP contribution in [0.25, 0.3) is 0 Å². The highest BCUT2D eigenvalue weighted by molar-refractivity contribution is 7.10. The smallest absolute Gasteiger partial charge is 0.255 e. The van der Waals surface area contributed by atoms with Gasteiger partial charge in [0.15, 0.2) is 12.2 Å². The van der Waals surface area contributed by atoms with Crippen LogP contribution in [0.5, 0.6) is 0 Å². The first kappa shape index (κ1) is 24.2. The third-order valence-electron chi connectivity index (χ3n) is 5.81. The molecule has 0 radical (unpaired) electrons. The Bertz CT molecular complexity index is 1220. The van der Waals surface area contributed by atoms with Crippen LogP contribution in [0.1, 0.15) is 16.0 Å². The molecule has 0 saturated carbocycles. The summed E-state index contributed by atoms with van der Waals surface area (Å²) in [6, 6.07) is 9.64. The van der Waals surface area contributed by atoms with Crippen LogP contribution in [0.2, 0.25) is 5.02 Å². The molecule has 1 aliphatic heterocycles. The largest absolute Gasteiger partial charge is 0.380 e. The second-order valence-electron chi connectivity index (χ2n) is 8.33. The van der Waals surface area contributed by atoms with Crippen molar-refractivity contribution in [3.8, 4) is 0 Å². The number of rotatable bonds is 7. The molecule has 2 unspecified atom stereocenters. The standard InChI is InChI=1S/C26H25ClN2O4S/c1-28(15-21-12-17(16-34-21)11-18-7-5-6-10-22(18)27)25(32)23(30)24(31)26(33)29-13-19-8-3-2-4-9-20(19)14-29/h2-8,10,12,16,23-24,30-31H,11,13-15H2,1H3. The minimum absolute atomic E-state index is 0.255. The van der Waals surface area contributed by atoms with Crippen molar-refractivity contribution in [2.75, 3.05) is 20.1 Å². The molecule has 2 N–H and O–H groups in total. The third kappa shape index (κ3) is 5.41. The lowest BCUT2D eigenvalue weighted by Crippen LogP contribution is -2.50. The van der Waals surface area contributed by atoms with Gasteiger partial charge in [-0.2, -0.15) is 0 Å². The summed E-state index contributed by atoms with van der Waals surface area (Å²) in [5.41, 5.74) is 6.97. The molecule has 34 heavy (non-hydrogen) atoms. The number of amides is 2. The van der Waals surface area contributed by atoms with Crippen molar-refractivity contribution in [3.63, 3.8) is 0 Å². The van der Waals surface area contributed by atoms with Crippen molar-refractivity contribution < 1.29 is 19.8 Å². The van der Waals surface area contributed by atoms with E-state index < -0.39 is 24.0 Å². The number of carbonyl (C=O) groups is 2. The molecule has 2 aliphatic rings. The first-order valence-corrected chi connectivity index (χ1v) is 12.1. The number of hydrogen-bond donors (Lipinski definition) is 2. The van der Waals surface area contributed by atoms with Crippen LogP contribution >= 0.6 is 22.9 Å². The van der Waals surface area contributed by atoms with Crippen LogP contribution in [0.4, 0.5) is 0 Å². The van der Waals surface area contributed by atoms with E-state index in [9.17, 15) is 19.8 Å². The van der Waals surface area contributed by atoms with Crippen LogP contribution in [0, 0.1) is 0 Å². The van der Waals surface area contributed by atoms with E-state index in [1.807, 2.05) is 53.9 Å². The van der Waals surface area contributed by atoms with Gasteiger partial charge in [0.05, 0.1) is 13.1 Å². The molecular weight excluding hydrogens is 472 g/mol. The highest BCUT2D eigenvalue weighted by Gasteiger charge is 2.37. The van der Waals surface area contributed by atoms with Crippen molar-refractivity contribution in [2.24, 2.45) is 0 Å². The number of benzene rings is 1. The van der Waals surface area contributed by atoms with E-state index in [1.165, 1.54) is 28.2 Å². The monoisotopic (exact) mass is 496 g/mol. The first-order valence-electron chi connectivity index (χ1n) is 10.8. The van der Waals surface area contributed by atoms with Gasteiger partial charge in [-0.15, -0.1) is 17.1 Å². The molecule has 8 heteroatoms. The maximum absolute atomic E-state index is 12.7. The van der Waals surface area contributed by atoms with Crippen molar-refractivity contribution in [1.82, 2.24) is 9.80 Å². The zero-order valence-electron chi connectivity index (χ0n) is 18.6. The van der Waals surface area contributed by atoms with Gasteiger partial charge in [0.25, 0.3) is 11.8 Å². The van der Waals surface area contributed by atoms with E-state index in [4.69, 9.17) is 11.6 Å². The number of allylic oxidation sites excluding steroid dienone is 3. The summed E-state index contributed by atoms with van der Waals surface area (Å²) in [6.45, 7) is 0.835. The fraction of sp³-hybridized carbons (Fsp3) is 0.269. The maximum Gasteiger partial charge on any atom is 0.255 e. The third-order valence-corrected chi connectivity index (χ3v) is 7.15. The average molecular weight is 497 g/mol. The first-order chi connectivity index (χ1) is 16.3. The molecule has 0 bridgehead atoms. The topological polar surface area (TPSA) is 81.1 Å². The van der Waals surface area contributed by atoms with Crippen LogP contribution in [0.3, 0.4) is 0 Å². The summed E-state index contributed by atoms with van der Waals surface area (Å²) in [6.07, 6.45) is 4.36. The number of nitrogens with zero attached hydrogens (tertiary/aromatic N) is 2. The quantitative estimate of drug-likeness (QED) is 0.577. The van der Waals surface area contributed by atoms with E-state index in [1.54, 1.807) is 6.08 Å². The van der Waals surface area contributed by atoms with Gasteiger partial charge in [-0.05, 0) is 46.7 Å². The number of aliphatic hydroxyl groups excluding tert-OH is 2. The summed E-state index contributed by atoms with van der Waals surface area (Å²) >= 11 is 7.74. The molecule has 1 fully saturated rings. The predicted molar refractivity (Wildman–Crippen MR) is 132 cm³/mol. The molecule has 2 atom stereocenters. The fourth-order valence-electron chi connectivity index (χ4n) is 3.93. The molecule has 2 aromatic rings. The van der Waals surface area contributed by atoms with Crippen molar-refractivity contribution in [2.45, 2.75) is 25.2 Å². The zero-order valence-corrected chi connectivity index (χ0v) is 20.2. The number of fused-ring (bicyclic) bond motifs is 1. The Morgan fingerprint density at radius 2 is 2.00 bits per heavy atom. The van der Waals surface area contributed by atoms with Crippen LogP contribution in [0.15, 0.2) is 76.9 Å². The number of hydrogen-bond acceptors (Lipinski definition) is 5. The van der Waals surface area contributed by atoms with Crippen molar-refractivity contribution >= 4 is 34.8 Å².